The zero-order chi connectivity index (χ0) is 19.9. The summed E-state index contributed by atoms with van der Waals surface area (Å²) in [5.41, 5.74) is 3.70. The van der Waals surface area contributed by atoms with Crippen molar-refractivity contribution in [1.29, 1.82) is 5.26 Å². The fourth-order valence-electron chi connectivity index (χ4n) is 2.72. The van der Waals surface area contributed by atoms with Crippen LogP contribution < -0.4 is 11.0 Å². The summed E-state index contributed by atoms with van der Waals surface area (Å²) in [5.74, 6) is -0.494. The van der Waals surface area contributed by atoms with E-state index in [2.05, 4.69) is 15.6 Å². The molecule has 2 aromatic carbocycles. The molecular weight excluding hydrogens is 354 g/mol. The standard InChI is InChI=1S/C21H19N5O2/c1-2-3-12-26-21(28)18-7-5-4-6-17(18)19(25-26)20(27)24-23-14-16-10-8-15(13-22)9-11-16/h4-11,14H,2-3,12H2,1H3,(H,24,27)/b23-14-. The second-order valence-electron chi connectivity index (χ2n) is 6.21. The lowest BCUT2D eigenvalue weighted by atomic mass is 10.1. The molecule has 0 aliphatic carbocycles. The highest BCUT2D eigenvalue weighted by Crippen LogP contribution is 2.13. The van der Waals surface area contributed by atoms with E-state index in [0.717, 1.165) is 18.4 Å². The van der Waals surface area contributed by atoms with Gasteiger partial charge in [-0.3, -0.25) is 9.59 Å². The third-order valence-electron chi connectivity index (χ3n) is 4.23. The highest BCUT2D eigenvalue weighted by atomic mass is 16.2. The van der Waals surface area contributed by atoms with E-state index in [1.807, 2.05) is 13.0 Å². The molecule has 0 spiro atoms. The van der Waals surface area contributed by atoms with Crippen molar-refractivity contribution in [2.24, 2.45) is 5.10 Å². The van der Waals surface area contributed by atoms with Crippen LogP contribution in [0.1, 0.15) is 41.4 Å². The average Bonchev–Trinajstić information content (AvgIpc) is 2.74. The lowest BCUT2D eigenvalue weighted by molar-refractivity contribution is 0.0949. The molecule has 0 aliphatic heterocycles. The molecule has 0 unspecified atom stereocenters. The molecule has 1 aromatic heterocycles. The van der Waals surface area contributed by atoms with Gasteiger partial charge in [0.25, 0.3) is 11.5 Å². The number of nitriles is 1. The van der Waals surface area contributed by atoms with Crippen LogP contribution >= 0.6 is 0 Å². The molecule has 3 aromatic rings. The Morgan fingerprint density at radius 2 is 1.93 bits per heavy atom. The minimum atomic E-state index is -0.494. The van der Waals surface area contributed by atoms with Gasteiger partial charge in [-0.15, -0.1) is 0 Å². The third-order valence-corrected chi connectivity index (χ3v) is 4.23. The molecule has 0 saturated carbocycles. The lowest BCUT2D eigenvalue weighted by Crippen LogP contribution is -2.29. The molecule has 1 N–H and O–H groups in total. The highest BCUT2D eigenvalue weighted by Gasteiger charge is 2.16. The summed E-state index contributed by atoms with van der Waals surface area (Å²) < 4.78 is 1.34. The predicted octanol–water partition coefficient (Wildman–Crippen LogP) is 2.83. The van der Waals surface area contributed by atoms with E-state index in [4.69, 9.17) is 5.26 Å². The van der Waals surface area contributed by atoms with E-state index in [-0.39, 0.29) is 11.3 Å². The predicted molar refractivity (Wildman–Crippen MR) is 107 cm³/mol. The summed E-state index contributed by atoms with van der Waals surface area (Å²) in [6.07, 6.45) is 3.19. The normalized spacial score (nSPS) is 10.9. The fourth-order valence-corrected chi connectivity index (χ4v) is 2.72. The van der Waals surface area contributed by atoms with Crippen LogP contribution in [0.4, 0.5) is 0 Å². The molecule has 1 heterocycles. The van der Waals surface area contributed by atoms with E-state index >= 15 is 0 Å². The number of hydrazone groups is 1. The number of nitrogens with zero attached hydrogens (tertiary/aromatic N) is 4. The topological polar surface area (TPSA) is 100 Å². The van der Waals surface area contributed by atoms with E-state index in [0.29, 0.717) is 22.9 Å². The first-order valence-electron chi connectivity index (χ1n) is 8.97. The highest BCUT2D eigenvalue weighted by molar-refractivity contribution is 6.04. The molecule has 140 valence electrons. The van der Waals surface area contributed by atoms with Crippen LogP contribution in [-0.2, 0) is 6.54 Å². The Bertz CT molecular complexity index is 1120. The van der Waals surface area contributed by atoms with E-state index < -0.39 is 5.91 Å². The van der Waals surface area contributed by atoms with Crippen molar-refractivity contribution < 1.29 is 4.79 Å². The number of hydrogen-bond donors (Lipinski definition) is 1. The minimum absolute atomic E-state index is 0.156. The first kappa shape index (κ1) is 19.0. The Morgan fingerprint density at radius 3 is 2.61 bits per heavy atom. The number of amides is 1. The molecule has 0 radical (unpaired) electrons. The maximum absolute atomic E-state index is 12.6. The Hall–Kier alpha value is -3.79. The number of unbranched alkanes of at least 4 members (excludes halogenated alkanes) is 1. The Kier molecular flexibility index (Phi) is 5.92. The summed E-state index contributed by atoms with van der Waals surface area (Å²) in [4.78, 5) is 25.2. The van der Waals surface area contributed by atoms with Crippen molar-refractivity contribution in [1.82, 2.24) is 15.2 Å². The van der Waals surface area contributed by atoms with Crippen LogP contribution in [0.5, 0.6) is 0 Å². The van der Waals surface area contributed by atoms with Crippen molar-refractivity contribution >= 4 is 22.9 Å². The molecule has 7 nitrogen and oxygen atoms in total. The van der Waals surface area contributed by atoms with Crippen molar-refractivity contribution in [2.45, 2.75) is 26.3 Å². The van der Waals surface area contributed by atoms with Crippen molar-refractivity contribution in [2.75, 3.05) is 0 Å². The molecule has 0 saturated heterocycles. The van der Waals surface area contributed by atoms with Gasteiger partial charge in [-0.1, -0.05) is 43.7 Å². The van der Waals surface area contributed by atoms with Gasteiger partial charge in [-0.05, 0) is 30.2 Å². The second kappa shape index (κ2) is 8.73. The number of aryl methyl sites for hydroxylation is 1. The first-order valence-corrected chi connectivity index (χ1v) is 8.97. The zero-order valence-electron chi connectivity index (χ0n) is 15.4. The van der Waals surface area contributed by atoms with E-state index in [9.17, 15) is 9.59 Å². The largest absolute Gasteiger partial charge is 0.292 e. The number of nitrogens with one attached hydrogen (secondary N) is 1. The molecule has 3 rings (SSSR count). The number of carbonyl (C=O) groups excluding carboxylic acids is 1. The van der Waals surface area contributed by atoms with Gasteiger partial charge >= 0.3 is 0 Å². The molecule has 0 aliphatic rings. The van der Waals surface area contributed by atoms with Crippen LogP contribution in [0.2, 0.25) is 0 Å². The van der Waals surface area contributed by atoms with Gasteiger partial charge in [0.1, 0.15) is 0 Å². The molecule has 7 heteroatoms. The van der Waals surface area contributed by atoms with E-state index in [1.54, 1.807) is 48.5 Å². The molecule has 1 amide bonds. The van der Waals surface area contributed by atoms with Gasteiger partial charge in [-0.25, -0.2) is 10.1 Å². The van der Waals surface area contributed by atoms with Crippen LogP contribution in [0.3, 0.4) is 0 Å². The van der Waals surface area contributed by atoms with E-state index in [1.165, 1.54) is 10.9 Å². The maximum Gasteiger partial charge on any atom is 0.292 e. The molecule has 0 atom stereocenters. The van der Waals surface area contributed by atoms with Crippen molar-refractivity contribution in [3.8, 4) is 6.07 Å². The van der Waals surface area contributed by atoms with Gasteiger partial charge < -0.3 is 0 Å². The van der Waals surface area contributed by atoms with Crippen LogP contribution in [0.15, 0.2) is 58.4 Å². The smallest absolute Gasteiger partial charge is 0.267 e. The monoisotopic (exact) mass is 373 g/mol. The SMILES string of the molecule is CCCCn1nc(C(=O)N/N=C\c2ccc(C#N)cc2)c2ccccc2c1=O. The van der Waals surface area contributed by atoms with Crippen LogP contribution in [-0.4, -0.2) is 21.9 Å². The molecule has 0 fully saturated rings. The summed E-state index contributed by atoms with van der Waals surface area (Å²) >= 11 is 0. The quantitative estimate of drug-likeness (QED) is 0.530. The second-order valence-corrected chi connectivity index (χ2v) is 6.21. The Morgan fingerprint density at radius 1 is 1.21 bits per heavy atom. The Balaban J connectivity index is 1.87. The van der Waals surface area contributed by atoms with Crippen LogP contribution in [0.25, 0.3) is 10.8 Å². The summed E-state index contributed by atoms with van der Waals surface area (Å²) in [6, 6.07) is 15.8. The average molecular weight is 373 g/mol. The summed E-state index contributed by atoms with van der Waals surface area (Å²) in [6.45, 7) is 2.48. The fraction of sp³-hybridized carbons (Fsp3) is 0.190. The molecule has 28 heavy (non-hydrogen) atoms. The van der Waals surface area contributed by atoms with Gasteiger partial charge in [-0.2, -0.15) is 15.5 Å². The lowest BCUT2D eigenvalue weighted by Gasteiger charge is -2.09. The van der Waals surface area contributed by atoms with Gasteiger partial charge in [0.2, 0.25) is 0 Å². The number of aromatic nitrogens is 2. The number of hydrogen-bond acceptors (Lipinski definition) is 5. The van der Waals surface area contributed by atoms with Gasteiger partial charge in [0, 0.05) is 11.9 Å². The van der Waals surface area contributed by atoms with Gasteiger partial charge in [0.15, 0.2) is 5.69 Å². The van der Waals surface area contributed by atoms with Crippen molar-refractivity contribution in [3.63, 3.8) is 0 Å². The van der Waals surface area contributed by atoms with Crippen LogP contribution in [0, 0.1) is 11.3 Å². The maximum atomic E-state index is 12.6. The Labute approximate surface area is 161 Å². The number of carbonyl (C=O) groups is 1. The number of fused-ring (bicyclic) bond motifs is 1. The third kappa shape index (κ3) is 4.13. The number of benzene rings is 2. The van der Waals surface area contributed by atoms with Crippen molar-refractivity contribution in [3.05, 3.63) is 75.7 Å². The number of rotatable bonds is 6. The summed E-state index contributed by atoms with van der Waals surface area (Å²) in [7, 11) is 0. The zero-order valence-corrected chi connectivity index (χ0v) is 15.4. The summed E-state index contributed by atoms with van der Waals surface area (Å²) in [5, 5.41) is 18.0. The first-order chi connectivity index (χ1) is 13.6. The molecule has 0 bridgehead atoms. The minimum Gasteiger partial charge on any atom is -0.267 e. The molecular formula is C21H19N5O2. The van der Waals surface area contributed by atoms with Gasteiger partial charge in [0.05, 0.1) is 23.2 Å².